The smallest absolute Gasteiger partial charge is 0.414 e. The van der Waals surface area contributed by atoms with Crippen molar-refractivity contribution in [2.24, 2.45) is 0 Å². The van der Waals surface area contributed by atoms with Crippen LogP contribution in [0.4, 0.5) is 14.9 Å². The minimum atomic E-state index is -0.484. The van der Waals surface area contributed by atoms with E-state index in [9.17, 15) is 14.0 Å². The molecule has 0 saturated carbocycles. The predicted molar refractivity (Wildman–Crippen MR) is 67.3 cm³/mol. The summed E-state index contributed by atoms with van der Waals surface area (Å²) in [7, 11) is 0. The summed E-state index contributed by atoms with van der Waals surface area (Å²) in [4.78, 5) is 24.2. The molecule has 1 heterocycles. The summed E-state index contributed by atoms with van der Waals surface area (Å²) < 4.78 is 17.9. The molecule has 0 aliphatic carbocycles. The number of carbonyl (C=O) groups is 2. The molecule has 2 amide bonds. The van der Waals surface area contributed by atoms with Gasteiger partial charge in [0, 0.05) is 12.1 Å². The second-order valence-corrected chi connectivity index (χ2v) is 4.25. The van der Waals surface area contributed by atoms with Gasteiger partial charge < -0.3 is 10.1 Å². The van der Waals surface area contributed by atoms with Crippen LogP contribution in [-0.2, 0) is 9.53 Å². The molecule has 0 bridgehead atoms. The number of rotatable bonds is 4. The number of halogens is 1. The lowest BCUT2D eigenvalue weighted by Gasteiger charge is -2.12. The minimum absolute atomic E-state index is 0.0868. The van der Waals surface area contributed by atoms with E-state index in [2.05, 4.69) is 5.32 Å². The molecule has 0 spiro atoms. The molecule has 1 aromatic rings. The number of anilines is 1. The molecule has 1 aliphatic rings. The van der Waals surface area contributed by atoms with Crippen LogP contribution in [0.3, 0.4) is 0 Å². The van der Waals surface area contributed by atoms with Crippen molar-refractivity contribution in [2.75, 3.05) is 18.0 Å². The standard InChI is InChI=1S/C13H15FN2O3/c1-2-12(17)15-7-11-8-16(13(18)19-11)10-5-3-9(14)4-6-10/h3-6,11H,2,7-8H2,1H3,(H,15,17). The van der Waals surface area contributed by atoms with Crippen molar-refractivity contribution in [3.63, 3.8) is 0 Å². The van der Waals surface area contributed by atoms with Gasteiger partial charge in [-0.05, 0) is 24.3 Å². The van der Waals surface area contributed by atoms with Gasteiger partial charge in [-0.25, -0.2) is 9.18 Å². The van der Waals surface area contributed by atoms with E-state index in [1.54, 1.807) is 6.92 Å². The Hall–Kier alpha value is -2.11. The molecule has 1 aromatic carbocycles. The third kappa shape index (κ3) is 3.21. The van der Waals surface area contributed by atoms with Crippen LogP contribution in [0.15, 0.2) is 24.3 Å². The van der Waals surface area contributed by atoms with Crippen LogP contribution in [0.5, 0.6) is 0 Å². The number of carbonyl (C=O) groups excluding carboxylic acids is 2. The Morgan fingerprint density at radius 1 is 1.47 bits per heavy atom. The first-order valence-corrected chi connectivity index (χ1v) is 6.10. The number of nitrogens with one attached hydrogen (secondary N) is 1. The number of benzene rings is 1. The van der Waals surface area contributed by atoms with Crippen LogP contribution in [-0.4, -0.2) is 31.2 Å². The number of hydrogen-bond donors (Lipinski definition) is 1. The van der Waals surface area contributed by atoms with E-state index in [4.69, 9.17) is 4.74 Å². The number of nitrogens with zero attached hydrogens (tertiary/aromatic N) is 1. The third-order valence-corrected chi connectivity index (χ3v) is 2.86. The molecule has 2 rings (SSSR count). The second kappa shape index (κ2) is 5.69. The van der Waals surface area contributed by atoms with Crippen molar-refractivity contribution in [1.29, 1.82) is 0 Å². The van der Waals surface area contributed by atoms with Crippen molar-refractivity contribution in [1.82, 2.24) is 5.32 Å². The van der Waals surface area contributed by atoms with Crippen LogP contribution in [0, 0.1) is 5.82 Å². The van der Waals surface area contributed by atoms with E-state index in [-0.39, 0.29) is 24.4 Å². The van der Waals surface area contributed by atoms with Gasteiger partial charge in [0.1, 0.15) is 11.9 Å². The number of amides is 2. The van der Waals surface area contributed by atoms with E-state index in [1.807, 2.05) is 0 Å². The molecule has 1 unspecified atom stereocenters. The van der Waals surface area contributed by atoms with Crippen LogP contribution in [0.1, 0.15) is 13.3 Å². The highest BCUT2D eigenvalue weighted by atomic mass is 19.1. The number of cyclic esters (lactones) is 1. The summed E-state index contributed by atoms with van der Waals surface area (Å²) in [5.74, 6) is -0.445. The van der Waals surface area contributed by atoms with Gasteiger partial charge in [0.15, 0.2) is 0 Å². The van der Waals surface area contributed by atoms with Crippen LogP contribution in [0.25, 0.3) is 0 Å². The van der Waals surface area contributed by atoms with Crippen molar-refractivity contribution in [2.45, 2.75) is 19.4 Å². The van der Waals surface area contributed by atoms with E-state index in [1.165, 1.54) is 29.2 Å². The molecular formula is C13H15FN2O3. The van der Waals surface area contributed by atoms with Gasteiger partial charge >= 0.3 is 6.09 Å². The second-order valence-electron chi connectivity index (χ2n) is 4.25. The third-order valence-electron chi connectivity index (χ3n) is 2.86. The first-order valence-electron chi connectivity index (χ1n) is 6.10. The SMILES string of the molecule is CCC(=O)NCC1CN(c2ccc(F)cc2)C(=O)O1. The van der Waals surface area contributed by atoms with Crippen molar-refractivity contribution in [3.05, 3.63) is 30.1 Å². The Bertz CT molecular complexity index is 475. The molecule has 19 heavy (non-hydrogen) atoms. The lowest BCUT2D eigenvalue weighted by molar-refractivity contribution is -0.121. The number of ether oxygens (including phenoxy) is 1. The predicted octanol–water partition coefficient (Wildman–Crippen LogP) is 1.68. The molecule has 0 aromatic heterocycles. The molecule has 5 nitrogen and oxygen atoms in total. The summed E-state index contributed by atoms with van der Waals surface area (Å²) in [5.41, 5.74) is 0.579. The van der Waals surface area contributed by atoms with E-state index in [0.29, 0.717) is 18.7 Å². The van der Waals surface area contributed by atoms with Gasteiger partial charge in [-0.2, -0.15) is 0 Å². The van der Waals surface area contributed by atoms with Gasteiger partial charge in [-0.3, -0.25) is 9.69 Å². The first-order chi connectivity index (χ1) is 9.10. The summed E-state index contributed by atoms with van der Waals surface area (Å²) >= 11 is 0. The van der Waals surface area contributed by atoms with E-state index >= 15 is 0 Å². The highest BCUT2D eigenvalue weighted by Gasteiger charge is 2.32. The lowest BCUT2D eigenvalue weighted by atomic mass is 10.2. The monoisotopic (exact) mass is 266 g/mol. The highest BCUT2D eigenvalue weighted by molar-refractivity contribution is 5.89. The minimum Gasteiger partial charge on any atom is -0.442 e. The summed E-state index contributed by atoms with van der Waals surface area (Å²) in [6.45, 7) is 2.38. The van der Waals surface area contributed by atoms with Crippen molar-refractivity contribution in [3.8, 4) is 0 Å². The quantitative estimate of drug-likeness (QED) is 0.902. The zero-order chi connectivity index (χ0) is 13.8. The molecule has 1 saturated heterocycles. The Balaban J connectivity index is 1.96. The Kier molecular flexibility index (Phi) is 3.99. The van der Waals surface area contributed by atoms with Gasteiger partial charge in [-0.1, -0.05) is 6.92 Å². The molecule has 0 radical (unpaired) electrons. The van der Waals surface area contributed by atoms with Gasteiger partial charge in [0.25, 0.3) is 0 Å². The molecule has 1 atom stereocenters. The molecule has 1 aliphatic heterocycles. The van der Waals surface area contributed by atoms with E-state index < -0.39 is 6.09 Å². The first kappa shape index (κ1) is 13.3. The topological polar surface area (TPSA) is 58.6 Å². The molecular weight excluding hydrogens is 251 g/mol. The van der Waals surface area contributed by atoms with Gasteiger partial charge in [0.05, 0.1) is 13.1 Å². The Morgan fingerprint density at radius 2 is 2.16 bits per heavy atom. The maximum atomic E-state index is 12.8. The molecule has 6 heteroatoms. The fourth-order valence-electron chi connectivity index (χ4n) is 1.81. The van der Waals surface area contributed by atoms with Gasteiger partial charge in [0.2, 0.25) is 5.91 Å². The van der Waals surface area contributed by atoms with Crippen molar-refractivity contribution < 1.29 is 18.7 Å². The largest absolute Gasteiger partial charge is 0.442 e. The zero-order valence-corrected chi connectivity index (χ0v) is 10.6. The molecule has 1 N–H and O–H groups in total. The van der Waals surface area contributed by atoms with Gasteiger partial charge in [-0.15, -0.1) is 0 Å². The van der Waals surface area contributed by atoms with Crippen LogP contribution in [0.2, 0.25) is 0 Å². The van der Waals surface area contributed by atoms with E-state index in [0.717, 1.165) is 0 Å². The molecule has 1 fully saturated rings. The zero-order valence-electron chi connectivity index (χ0n) is 10.6. The maximum Gasteiger partial charge on any atom is 0.414 e. The maximum absolute atomic E-state index is 12.8. The summed E-state index contributed by atoms with van der Waals surface area (Å²) in [5, 5.41) is 2.67. The Morgan fingerprint density at radius 3 is 2.79 bits per heavy atom. The fraction of sp³-hybridized carbons (Fsp3) is 0.385. The average molecular weight is 266 g/mol. The average Bonchev–Trinajstić information content (AvgIpc) is 2.78. The number of hydrogen-bond acceptors (Lipinski definition) is 3. The van der Waals surface area contributed by atoms with Crippen LogP contribution >= 0.6 is 0 Å². The fourth-order valence-corrected chi connectivity index (χ4v) is 1.81. The summed E-state index contributed by atoms with van der Waals surface area (Å²) in [6.07, 6.45) is -0.474. The highest BCUT2D eigenvalue weighted by Crippen LogP contribution is 2.21. The lowest BCUT2D eigenvalue weighted by Crippen LogP contribution is -2.34. The molecule has 102 valence electrons. The normalized spacial score (nSPS) is 18.3. The summed E-state index contributed by atoms with van der Waals surface area (Å²) in [6, 6.07) is 5.61. The van der Waals surface area contributed by atoms with Crippen molar-refractivity contribution >= 4 is 17.7 Å². The Labute approximate surface area is 110 Å². The van der Waals surface area contributed by atoms with Crippen LogP contribution < -0.4 is 10.2 Å².